The number of carboxylic acid groups (broad SMARTS) is 1. The van der Waals surface area contributed by atoms with Crippen molar-refractivity contribution < 1.29 is 15.0 Å². The van der Waals surface area contributed by atoms with Gasteiger partial charge in [-0.15, -0.1) is 0 Å². The van der Waals surface area contributed by atoms with Crippen LogP contribution in [0.15, 0.2) is 0 Å². The molecule has 0 saturated carbocycles. The van der Waals surface area contributed by atoms with Gasteiger partial charge in [0, 0.05) is 0 Å². The summed E-state index contributed by atoms with van der Waals surface area (Å²) in [5, 5.41) is 17.7. The van der Waals surface area contributed by atoms with Crippen LogP contribution in [0.2, 0.25) is 0 Å². The number of aliphatic carboxylic acids is 1. The molecule has 0 rings (SSSR count). The van der Waals surface area contributed by atoms with E-state index in [4.69, 9.17) is 10.2 Å². The minimum absolute atomic E-state index is 0.130. The highest BCUT2D eigenvalue weighted by Crippen LogP contribution is 2.14. The van der Waals surface area contributed by atoms with Gasteiger partial charge in [0.25, 0.3) is 0 Å². The van der Waals surface area contributed by atoms with Crippen LogP contribution in [0.25, 0.3) is 0 Å². The summed E-state index contributed by atoms with van der Waals surface area (Å²) < 4.78 is 0. The van der Waals surface area contributed by atoms with E-state index >= 15 is 0 Å². The lowest BCUT2D eigenvalue weighted by Gasteiger charge is -2.14. The van der Waals surface area contributed by atoms with Crippen LogP contribution in [-0.4, -0.2) is 22.3 Å². The second-order valence-electron chi connectivity index (χ2n) is 3.61. The molecule has 2 atom stereocenters. The van der Waals surface area contributed by atoms with Gasteiger partial charge in [-0.2, -0.15) is 0 Å². The van der Waals surface area contributed by atoms with Gasteiger partial charge in [-0.25, -0.2) is 4.79 Å². The Balaban J connectivity index is 3.50. The summed E-state index contributed by atoms with van der Waals surface area (Å²) in [6.07, 6.45) is 4.12. The minimum atomic E-state index is -1.19. The molecule has 2 N–H and O–H groups in total. The van der Waals surface area contributed by atoms with E-state index in [0.29, 0.717) is 0 Å². The molecule has 0 spiro atoms. The summed E-state index contributed by atoms with van der Waals surface area (Å²) in [4.78, 5) is 10.4. The van der Waals surface area contributed by atoms with Crippen molar-refractivity contribution in [1.29, 1.82) is 0 Å². The van der Waals surface area contributed by atoms with Crippen molar-refractivity contribution in [2.75, 3.05) is 0 Å². The second-order valence-corrected chi connectivity index (χ2v) is 3.61. The molecule has 0 heterocycles. The molecule has 3 nitrogen and oxygen atoms in total. The largest absolute Gasteiger partial charge is 0.479 e. The highest BCUT2D eigenvalue weighted by molar-refractivity contribution is 5.72. The molecule has 2 unspecified atom stereocenters. The molecule has 0 bridgehead atoms. The molecule has 0 aliphatic rings. The summed E-state index contributed by atoms with van der Waals surface area (Å²) in [6, 6.07) is 0. The number of unbranched alkanes of at least 4 members (excludes halogenated alkanes) is 3. The van der Waals surface area contributed by atoms with Gasteiger partial charge >= 0.3 is 5.97 Å². The van der Waals surface area contributed by atoms with Crippen molar-refractivity contribution >= 4 is 5.97 Å². The molecule has 0 aromatic heterocycles. The molecular formula is C10H20O3. The van der Waals surface area contributed by atoms with E-state index in [0.717, 1.165) is 19.3 Å². The molecular weight excluding hydrogens is 168 g/mol. The predicted octanol–water partition coefficient (Wildman–Crippen LogP) is 2.04. The number of aliphatic hydroxyl groups is 1. The van der Waals surface area contributed by atoms with E-state index < -0.39 is 12.1 Å². The molecule has 0 saturated heterocycles. The normalized spacial score (nSPS) is 15.3. The summed E-state index contributed by atoms with van der Waals surface area (Å²) >= 11 is 0. The van der Waals surface area contributed by atoms with E-state index in [-0.39, 0.29) is 5.92 Å². The first kappa shape index (κ1) is 12.4. The molecule has 78 valence electrons. The Kier molecular flexibility index (Phi) is 6.59. The van der Waals surface area contributed by atoms with Gasteiger partial charge in [-0.3, -0.25) is 0 Å². The van der Waals surface area contributed by atoms with Crippen LogP contribution in [0, 0.1) is 5.92 Å². The fourth-order valence-electron chi connectivity index (χ4n) is 1.29. The number of rotatable bonds is 7. The van der Waals surface area contributed by atoms with Gasteiger partial charge in [0.15, 0.2) is 6.10 Å². The maximum absolute atomic E-state index is 10.4. The van der Waals surface area contributed by atoms with Crippen molar-refractivity contribution in [3.63, 3.8) is 0 Å². The standard InChI is InChI=1S/C10H20O3/c1-3-4-5-6-7-8(2)9(11)10(12)13/h8-9,11H,3-7H2,1-2H3,(H,12,13). The number of hydrogen-bond donors (Lipinski definition) is 2. The lowest BCUT2D eigenvalue weighted by molar-refractivity contribution is -0.149. The van der Waals surface area contributed by atoms with Gasteiger partial charge in [-0.05, 0) is 12.3 Å². The molecule has 13 heavy (non-hydrogen) atoms. The van der Waals surface area contributed by atoms with Crippen molar-refractivity contribution in [3.8, 4) is 0 Å². The molecule has 0 radical (unpaired) electrons. The molecule has 0 amide bonds. The second kappa shape index (κ2) is 6.89. The average Bonchev–Trinajstić information content (AvgIpc) is 2.10. The van der Waals surface area contributed by atoms with E-state index in [2.05, 4.69) is 6.92 Å². The number of carbonyl (C=O) groups is 1. The van der Waals surface area contributed by atoms with Gasteiger partial charge in [0.2, 0.25) is 0 Å². The highest BCUT2D eigenvalue weighted by atomic mass is 16.4. The Hall–Kier alpha value is -0.570. The van der Waals surface area contributed by atoms with Crippen LogP contribution >= 0.6 is 0 Å². The maximum atomic E-state index is 10.4. The molecule has 3 heteroatoms. The maximum Gasteiger partial charge on any atom is 0.332 e. The van der Waals surface area contributed by atoms with Crippen LogP contribution < -0.4 is 0 Å². The molecule has 0 aliphatic carbocycles. The molecule has 0 fully saturated rings. The first-order valence-corrected chi connectivity index (χ1v) is 5.00. The topological polar surface area (TPSA) is 57.5 Å². The monoisotopic (exact) mass is 188 g/mol. The summed E-state index contributed by atoms with van der Waals surface area (Å²) in [6.45, 7) is 3.92. The Bertz CT molecular complexity index is 145. The fourth-order valence-corrected chi connectivity index (χ4v) is 1.29. The number of aliphatic hydroxyl groups excluding tert-OH is 1. The van der Waals surface area contributed by atoms with Crippen molar-refractivity contribution in [1.82, 2.24) is 0 Å². The van der Waals surface area contributed by atoms with Crippen LogP contribution in [0.4, 0.5) is 0 Å². The van der Waals surface area contributed by atoms with E-state index in [9.17, 15) is 4.79 Å². The summed E-state index contributed by atoms with van der Waals surface area (Å²) in [7, 11) is 0. The van der Waals surface area contributed by atoms with Crippen LogP contribution in [0.5, 0.6) is 0 Å². The third-order valence-corrected chi connectivity index (χ3v) is 2.31. The Morgan fingerprint density at radius 1 is 1.31 bits per heavy atom. The first-order chi connectivity index (χ1) is 6.09. The fraction of sp³-hybridized carbons (Fsp3) is 0.900. The van der Waals surface area contributed by atoms with Gasteiger partial charge in [-0.1, -0.05) is 39.5 Å². The third kappa shape index (κ3) is 5.64. The zero-order valence-corrected chi connectivity index (χ0v) is 8.49. The minimum Gasteiger partial charge on any atom is -0.479 e. The van der Waals surface area contributed by atoms with Gasteiger partial charge < -0.3 is 10.2 Å². The average molecular weight is 188 g/mol. The van der Waals surface area contributed by atoms with Gasteiger partial charge in [0.05, 0.1) is 0 Å². The lowest BCUT2D eigenvalue weighted by Crippen LogP contribution is -2.27. The summed E-state index contributed by atoms with van der Waals surface area (Å²) in [5.74, 6) is -1.24. The first-order valence-electron chi connectivity index (χ1n) is 5.00. The number of hydrogen-bond acceptors (Lipinski definition) is 2. The zero-order chi connectivity index (χ0) is 10.3. The number of carboxylic acids is 1. The predicted molar refractivity (Wildman–Crippen MR) is 51.6 cm³/mol. The Morgan fingerprint density at radius 2 is 1.92 bits per heavy atom. The van der Waals surface area contributed by atoms with Crippen LogP contribution in [0.1, 0.15) is 46.0 Å². The Labute approximate surface area is 79.8 Å². The Morgan fingerprint density at radius 3 is 2.38 bits per heavy atom. The quantitative estimate of drug-likeness (QED) is 0.601. The van der Waals surface area contributed by atoms with Crippen molar-refractivity contribution in [2.24, 2.45) is 5.92 Å². The lowest BCUT2D eigenvalue weighted by atomic mass is 9.97. The van der Waals surface area contributed by atoms with Gasteiger partial charge in [0.1, 0.15) is 0 Å². The van der Waals surface area contributed by atoms with Crippen LogP contribution in [-0.2, 0) is 4.79 Å². The SMILES string of the molecule is CCCCCCC(C)C(O)C(=O)O. The third-order valence-electron chi connectivity index (χ3n) is 2.31. The summed E-state index contributed by atoms with van der Waals surface area (Å²) in [5.41, 5.74) is 0. The van der Waals surface area contributed by atoms with E-state index in [1.54, 1.807) is 6.92 Å². The smallest absolute Gasteiger partial charge is 0.332 e. The molecule has 0 aromatic carbocycles. The molecule has 0 aromatic rings. The van der Waals surface area contributed by atoms with Crippen molar-refractivity contribution in [3.05, 3.63) is 0 Å². The molecule has 0 aliphatic heterocycles. The van der Waals surface area contributed by atoms with Crippen LogP contribution in [0.3, 0.4) is 0 Å². The highest BCUT2D eigenvalue weighted by Gasteiger charge is 2.20. The van der Waals surface area contributed by atoms with E-state index in [1.165, 1.54) is 12.8 Å². The zero-order valence-electron chi connectivity index (χ0n) is 8.49. The van der Waals surface area contributed by atoms with Crippen molar-refractivity contribution in [2.45, 2.75) is 52.1 Å². The van der Waals surface area contributed by atoms with E-state index in [1.807, 2.05) is 0 Å².